The van der Waals surface area contributed by atoms with Crippen molar-refractivity contribution in [2.45, 2.75) is 135 Å². The van der Waals surface area contributed by atoms with Gasteiger partial charge in [0, 0.05) is 63.6 Å². The summed E-state index contributed by atoms with van der Waals surface area (Å²) in [5, 5.41) is 19.9. The lowest BCUT2D eigenvalue weighted by molar-refractivity contribution is -0.192. The van der Waals surface area contributed by atoms with E-state index in [9.17, 15) is 14.7 Å². The van der Waals surface area contributed by atoms with Crippen LogP contribution in [0.25, 0.3) is 0 Å². The smallest absolute Gasteiger partial charge is 0.303 e. The van der Waals surface area contributed by atoms with E-state index in [0.717, 1.165) is 44.9 Å². The highest BCUT2D eigenvalue weighted by molar-refractivity contribution is 5.79. The van der Waals surface area contributed by atoms with Gasteiger partial charge in [-0.1, -0.05) is 25.7 Å². The Bertz CT molecular complexity index is 899. The number of carbonyl (C=O) groups is 2. The van der Waals surface area contributed by atoms with E-state index in [4.69, 9.17) is 24.1 Å². The molecule has 8 nitrogen and oxygen atoms in total. The topological polar surface area (TPSA) is 112 Å². The lowest BCUT2D eigenvalue weighted by Crippen LogP contribution is -2.33. The zero-order chi connectivity index (χ0) is 28.7. The van der Waals surface area contributed by atoms with Crippen LogP contribution in [-0.4, -0.2) is 66.1 Å². The van der Waals surface area contributed by atoms with Crippen molar-refractivity contribution in [3.05, 3.63) is 0 Å². The van der Waals surface area contributed by atoms with Gasteiger partial charge >= 0.3 is 5.97 Å². The van der Waals surface area contributed by atoms with Gasteiger partial charge < -0.3 is 29.2 Å². The number of hydrogen-bond donors (Lipinski definition) is 2. The molecule has 3 aliphatic rings. The predicted octanol–water partition coefficient (Wildman–Crippen LogP) is 4.85. The second-order valence-corrected chi connectivity index (χ2v) is 11.3. The summed E-state index contributed by atoms with van der Waals surface area (Å²) in [6, 6.07) is 0. The van der Waals surface area contributed by atoms with Crippen LogP contribution < -0.4 is 0 Å². The highest BCUT2D eigenvalue weighted by Crippen LogP contribution is 2.38. The van der Waals surface area contributed by atoms with Crippen LogP contribution in [0.4, 0.5) is 0 Å². The molecule has 1 aliphatic carbocycles. The van der Waals surface area contributed by atoms with Crippen molar-refractivity contribution in [1.29, 1.82) is 0 Å². The Morgan fingerprint density at radius 2 is 1.70 bits per heavy atom. The number of hydrogen-bond acceptors (Lipinski definition) is 7. The number of rotatable bonds is 13. The predicted molar refractivity (Wildman–Crippen MR) is 150 cm³/mol. The minimum Gasteiger partial charge on any atom is -0.481 e. The molecule has 0 aromatic carbocycles. The Balaban J connectivity index is 1.76. The van der Waals surface area contributed by atoms with Gasteiger partial charge in [0.05, 0.1) is 18.1 Å². The average Bonchev–Trinajstić information content (AvgIpc) is 3.23. The van der Waals surface area contributed by atoms with Crippen LogP contribution >= 0.6 is 0 Å². The van der Waals surface area contributed by atoms with Crippen molar-refractivity contribution in [3.8, 4) is 23.7 Å². The summed E-state index contributed by atoms with van der Waals surface area (Å²) in [4.78, 5) is 23.7. The molecule has 0 amide bonds. The van der Waals surface area contributed by atoms with E-state index in [1.54, 1.807) is 0 Å². The van der Waals surface area contributed by atoms with Crippen molar-refractivity contribution in [1.82, 2.24) is 0 Å². The Kier molecular flexibility index (Phi) is 14.5. The first-order valence-electron chi connectivity index (χ1n) is 15.3. The van der Waals surface area contributed by atoms with Crippen LogP contribution in [0, 0.1) is 41.4 Å². The standard InChI is InChI=1S/C32H48O8/c1-3-4-5-12-23(2)28(39-31-15-8-10-19-37-31)18-17-25-26(21-24(33)13-6-7-14-30(35)36)27(34)22-29(25)40-32-16-9-11-20-38-32/h23,25-29,31-32,34H,3,6-16,19-22H2,1-2H3,(H,35,36)/t23-,25+,26+,27-,28+,29+,31?,32?/m0/s1. The van der Waals surface area contributed by atoms with E-state index in [1.165, 1.54) is 0 Å². The summed E-state index contributed by atoms with van der Waals surface area (Å²) in [5.41, 5.74) is 0. The monoisotopic (exact) mass is 560 g/mol. The highest BCUT2D eigenvalue weighted by atomic mass is 16.7. The third kappa shape index (κ3) is 11.1. The Morgan fingerprint density at radius 1 is 1.00 bits per heavy atom. The average molecular weight is 561 g/mol. The third-order valence-corrected chi connectivity index (χ3v) is 7.93. The molecule has 2 heterocycles. The number of carboxylic acids is 1. The quantitative estimate of drug-likeness (QED) is 0.243. The molecule has 224 valence electrons. The van der Waals surface area contributed by atoms with Crippen LogP contribution in [0.3, 0.4) is 0 Å². The molecular weight excluding hydrogens is 512 g/mol. The lowest BCUT2D eigenvalue weighted by Gasteiger charge is -2.29. The Labute approximate surface area is 239 Å². The molecule has 0 radical (unpaired) electrons. The SMILES string of the molecule is CCC#CC[C@H](C)[C@@H](C#C[C@@H]1[C@@H](CC(=O)CCCCC(=O)O)[C@@H](O)C[C@H]1OC1CCCCO1)OC1CCCCO1. The maximum absolute atomic E-state index is 12.9. The number of ether oxygens (including phenoxy) is 4. The summed E-state index contributed by atoms with van der Waals surface area (Å²) in [6.07, 6.45) is 7.03. The van der Waals surface area contributed by atoms with Gasteiger partial charge in [-0.3, -0.25) is 9.59 Å². The summed E-state index contributed by atoms with van der Waals surface area (Å²) < 4.78 is 24.4. The first-order valence-corrected chi connectivity index (χ1v) is 15.3. The summed E-state index contributed by atoms with van der Waals surface area (Å²) in [6.45, 7) is 5.44. The van der Waals surface area contributed by atoms with Gasteiger partial charge in [0.15, 0.2) is 12.6 Å². The van der Waals surface area contributed by atoms with Crippen LogP contribution in [0.2, 0.25) is 0 Å². The lowest BCUT2D eigenvalue weighted by atomic mass is 9.87. The molecule has 0 aromatic rings. The van der Waals surface area contributed by atoms with Crippen LogP contribution in [0.5, 0.6) is 0 Å². The van der Waals surface area contributed by atoms with Crippen molar-refractivity contribution < 1.29 is 38.7 Å². The zero-order valence-corrected chi connectivity index (χ0v) is 24.3. The van der Waals surface area contributed by atoms with Crippen LogP contribution in [0.15, 0.2) is 0 Å². The molecular formula is C32H48O8. The van der Waals surface area contributed by atoms with Gasteiger partial charge in [-0.25, -0.2) is 0 Å². The molecule has 8 atom stereocenters. The van der Waals surface area contributed by atoms with E-state index in [1.807, 2.05) is 6.92 Å². The van der Waals surface area contributed by atoms with Gasteiger partial charge in [0.2, 0.25) is 0 Å². The van der Waals surface area contributed by atoms with Crippen LogP contribution in [0.1, 0.15) is 104 Å². The summed E-state index contributed by atoms with van der Waals surface area (Å²) in [5.74, 6) is 11.6. The fourth-order valence-electron chi connectivity index (χ4n) is 5.59. The number of ketones is 1. The number of carboxylic acid groups (broad SMARTS) is 1. The maximum atomic E-state index is 12.9. The number of carbonyl (C=O) groups excluding carboxylic acids is 1. The molecule has 0 bridgehead atoms. The van der Waals surface area contributed by atoms with Gasteiger partial charge in [0.25, 0.3) is 0 Å². The molecule has 3 fully saturated rings. The molecule has 1 saturated carbocycles. The molecule has 0 spiro atoms. The van der Waals surface area contributed by atoms with Crippen molar-refractivity contribution in [3.63, 3.8) is 0 Å². The number of unbranched alkanes of at least 4 members (excludes halogenated alkanes) is 1. The first kappa shape index (κ1) is 32.6. The van der Waals surface area contributed by atoms with E-state index < -0.39 is 18.2 Å². The Morgan fingerprint density at radius 3 is 2.35 bits per heavy atom. The number of aliphatic carboxylic acids is 1. The van der Waals surface area contributed by atoms with E-state index in [2.05, 4.69) is 30.6 Å². The first-order chi connectivity index (χ1) is 19.4. The van der Waals surface area contributed by atoms with Gasteiger partial charge in [-0.05, 0) is 51.4 Å². The molecule has 8 heteroatoms. The molecule has 0 aromatic heterocycles. The normalized spacial score (nSPS) is 29.9. The molecule has 2 unspecified atom stereocenters. The van der Waals surface area contributed by atoms with E-state index in [0.29, 0.717) is 45.3 Å². The van der Waals surface area contributed by atoms with E-state index in [-0.39, 0.29) is 55.1 Å². The largest absolute Gasteiger partial charge is 0.481 e. The zero-order valence-electron chi connectivity index (χ0n) is 24.3. The maximum Gasteiger partial charge on any atom is 0.303 e. The molecule has 2 N–H and O–H groups in total. The van der Waals surface area contributed by atoms with Crippen molar-refractivity contribution in [2.24, 2.45) is 17.8 Å². The molecule has 2 saturated heterocycles. The highest BCUT2D eigenvalue weighted by Gasteiger charge is 2.44. The second-order valence-electron chi connectivity index (χ2n) is 11.3. The number of aliphatic hydroxyl groups excluding tert-OH is 1. The van der Waals surface area contributed by atoms with Gasteiger partial charge in [-0.2, -0.15) is 0 Å². The van der Waals surface area contributed by atoms with Gasteiger partial charge in [-0.15, -0.1) is 11.8 Å². The minimum atomic E-state index is -0.857. The fraction of sp³-hybridized carbons (Fsp3) is 0.812. The van der Waals surface area contributed by atoms with E-state index >= 15 is 0 Å². The second kappa shape index (κ2) is 17.8. The van der Waals surface area contributed by atoms with Crippen molar-refractivity contribution in [2.75, 3.05) is 13.2 Å². The fourth-order valence-corrected chi connectivity index (χ4v) is 5.59. The molecule has 3 rings (SSSR count). The molecule has 40 heavy (non-hydrogen) atoms. The number of Topliss-reactive ketones (excluding diaryl/α,β-unsaturated/α-hetero) is 1. The third-order valence-electron chi connectivity index (χ3n) is 7.93. The number of aliphatic hydroxyl groups is 1. The summed E-state index contributed by atoms with van der Waals surface area (Å²) >= 11 is 0. The van der Waals surface area contributed by atoms with Crippen molar-refractivity contribution >= 4 is 11.8 Å². The van der Waals surface area contributed by atoms with Gasteiger partial charge in [0.1, 0.15) is 11.9 Å². The summed E-state index contributed by atoms with van der Waals surface area (Å²) in [7, 11) is 0. The Hall–Kier alpha value is -1.94. The molecule has 2 aliphatic heterocycles. The minimum absolute atomic E-state index is 0.0161. The van der Waals surface area contributed by atoms with Crippen LogP contribution in [-0.2, 0) is 28.5 Å².